The first-order valence-corrected chi connectivity index (χ1v) is 7.73. The summed E-state index contributed by atoms with van der Waals surface area (Å²) >= 11 is 0. The number of nitrogens with one attached hydrogen (secondary N) is 1. The lowest BCUT2D eigenvalue weighted by Gasteiger charge is -2.14. The number of hydrogen-bond acceptors (Lipinski definition) is 4. The van der Waals surface area contributed by atoms with Crippen LogP contribution in [-0.4, -0.2) is 26.2 Å². The highest BCUT2D eigenvalue weighted by atomic mass is 16.5. The van der Waals surface area contributed by atoms with Gasteiger partial charge in [0.15, 0.2) is 0 Å². The molecule has 4 nitrogen and oxygen atoms in total. The third kappa shape index (κ3) is 4.74. The fraction of sp³-hybridized carbons (Fsp3) is 0.316. The molecule has 2 aromatic carbocycles. The minimum atomic E-state index is -0.327. The number of rotatable bonds is 7. The average molecular weight is 313 g/mol. The van der Waals surface area contributed by atoms with Crippen LogP contribution in [0.1, 0.15) is 27.9 Å². The van der Waals surface area contributed by atoms with Crippen molar-refractivity contribution in [2.45, 2.75) is 20.3 Å². The van der Waals surface area contributed by atoms with E-state index in [1.54, 1.807) is 6.07 Å². The quantitative estimate of drug-likeness (QED) is 0.620. The monoisotopic (exact) mass is 313 g/mol. The number of methoxy groups -OCH3 is 1. The topological polar surface area (TPSA) is 47.6 Å². The molecule has 0 saturated heterocycles. The second kappa shape index (κ2) is 8.22. The predicted octanol–water partition coefficient (Wildman–Crippen LogP) is 3.97. The smallest absolute Gasteiger partial charge is 0.339 e. The summed E-state index contributed by atoms with van der Waals surface area (Å²) in [5.74, 6) is 0.559. The van der Waals surface area contributed by atoms with Gasteiger partial charge in [-0.1, -0.05) is 24.3 Å². The number of carbonyl (C=O) groups is 1. The van der Waals surface area contributed by atoms with Gasteiger partial charge in [0.25, 0.3) is 0 Å². The van der Waals surface area contributed by atoms with Crippen LogP contribution >= 0.6 is 0 Å². The summed E-state index contributed by atoms with van der Waals surface area (Å²) in [4.78, 5) is 11.8. The number of hydrogen-bond donors (Lipinski definition) is 1. The number of aryl methyl sites for hydroxylation is 2. The van der Waals surface area contributed by atoms with Gasteiger partial charge in [-0.2, -0.15) is 0 Å². The maximum Gasteiger partial charge on any atom is 0.339 e. The van der Waals surface area contributed by atoms with E-state index in [-0.39, 0.29) is 5.97 Å². The van der Waals surface area contributed by atoms with Gasteiger partial charge in [-0.3, -0.25) is 0 Å². The van der Waals surface area contributed by atoms with Gasteiger partial charge in [-0.15, -0.1) is 0 Å². The molecule has 4 heteroatoms. The molecule has 122 valence electrons. The first kappa shape index (κ1) is 16.9. The SMILES string of the molecule is COC(=O)c1cccc(C)c1NCCCOc1cccc(C)c1. The van der Waals surface area contributed by atoms with E-state index in [9.17, 15) is 4.79 Å². The summed E-state index contributed by atoms with van der Waals surface area (Å²) in [6.07, 6.45) is 0.836. The van der Waals surface area contributed by atoms with Crippen molar-refractivity contribution in [3.8, 4) is 5.75 Å². The summed E-state index contributed by atoms with van der Waals surface area (Å²) < 4.78 is 10.5. The Bertz CT molecular complexity index is 667. The van der Waals surface area contributed by atoms with E-state index in [4.69, 9.17) is 9.47 Å². The Labute approximate surface area is 137 Å². The molecule has 0 aliphatic rings. The van der Waals surface area contributed by atoms with Crippen molar-refractivity contribution in [1.82, 2.24) is 0 Å². The van der Waals surface area contributed by atoms with Crippen molar-refractivity contribution >= 4 is 11.7 Å². The number of para-hydroxylation sites is 1. The molecule has 2 aromatic rings. The molecule has 0 fully saturated rings. The largest absolute Gasteiger partial charge is 0.494 e. The highest BCUT2D eigenvalue weighted by Gasteiger charge is 2.12. The normalized spacial score (nSPS) is 10.2. The number of ether oxygens (including phenoxy) is 2. The number of anilines is 1. The second-order valence-corrected chi connectivity index (χ2v) is 5.43. The third-order valence-corrected chi connectivity index (χ3v) is 3.56. The summed E-state index contributed by atoms with van der Waals surface area (Å²) in [7, 11) is 1.39. The van der Waals surface area contributed by atoms with Crippen LogP contribution < -0.4 is 10.1 Å². The van der Waals surface area contributed by atoms with Gasteiger partial charge in [-0.05, 0) is 49.6 Å². The van der Waals surface area contributed by atoms with E-state index in [0.717, 1.165) is 30.0 Å². The molecule has 1 N–H and O–H groups in total. The minimum absolute atomic E-state index is 0.327. The van der Waals surface area contributed by atoms with E-state index < -0.39 is 0 Å². The van der Waals surface area contributed by atoms with Crippen LogP contribution in [0.2, 0.25) is 0 Å². The maximum atomic E-state index is 11.8. The van der Waals surface area contributed by atoms with Gasteiger partial charge in [0.1, 0.15) is 5.75 Å². The third-order valence-electron chi connectivity index (χ3n) is 3.56. The minimum Gasteiger partial charge on any atom is -0.494 e. The van der Waals surface area contributed by atoms with Crippen LogP contribution in [0.25, 0.3) is 0 Å². The van der Waals surface area contributed by atoms with Crippen LogP contribution in [0.5, 0.6) is 5.75 Å². The maximum absolute atomic E-state index is 11.8. The first-order valence-electron chi connectivity index (χ1n) is 7.73. The molecule has 0 spiro atoms. The number of esters is 1. The zero-order chi connectivity index (χ0) is 16.7. The van der Waals surface area contributed by atoms with Crippen molar-refractivity contribution in [3.05, 3.63) is 59.2 Å². The zero-order valence-corrected chi connectivity index (χ0v) is 13.9. The van der Waals surface area contributed by atoms with Crippen molar-refractivity contribution < 1.29 is 14.3 Å². The standard InChI is InChI=1S/C19H23NO3/c1-14-7-4-9-16(13-14)23-12-6-11-20-18-15(2)8-5-10-17(18)19(21)22-3/h4-5,7-10,13,20H,6,11-12H2,1-3H3. The Kier molecular flexibility index (Phi) is 6.03. The Morgan fingerprint density at radius 1 is 1.13 bits per heavy atom. The molecule has 0 aromatic heterocycles. The predicted molar refractivity (Wildman–Crippen MR) is 92.3 cm³/mol. The van der Waals surface area contributed by atoms with Gasteiger partial charge in [-0.25, -0.2) is 4.79 Å². The summed E-state index contributed by atoms with van der Waals surface area (Å²) in [6, 6.07) is 13.6. The van der Waals surface area contributed by atoms with Crippen molar-refractivity contribution in [3.63, 3.8) is 0 Å². The van der Waals surface area contributed by atoms with Crippen molar-refractivity contribution in [1.29, 1.82) is 0 Å². The highest BCUT2D eigenvalue weighted by molar-refractivity contribution is 5.96. The molecule has 0 bridgehead atoms. The lowest BCUT2D eigenvalue weighted by molar-refractivity contribution is 0.0601. The van der Waals surface area contributed by atoms with Crippen LogP contribution in [-0.2, 0) is 4.74 Å². The van der Waals surface area contributed by atoms with E-state index in [2.05, 4.69) is 5.32 Å². The highest BCUT2D eigenvalue weighted by Crippen LogP contribution is 2.21. The lowest BCUT2D eigenvalue weighted by Crippen LogP contribution is -2.12. The molecule has 23 heavy (non-hydrogen) atoms. The first-order chi connectivity index (χ1) is 11.1. The van der Waals surface area contributed by atoms with Crippen LogP contribution in [0.15, 0.2) is 42.5 Å². The van der Waals surface area contributed by atoms with Gasteiger partial charge < -0.3 is 14.8 Å². The van der Waals surface area contributed by atoms with Crippen LogP contribution in [0.4, 0.5) is 5.69 Å². The van der Waals surface area contributed by atoms with E-state index in [1.807, 2.05) is 50.2 Å². The van der Waals surface area contributed by atoms with Gasteiger partial charge in [0, 0.05) is 6.54 Å². The molecule has 0 amide bonds. The second-order valence-electron chi connectivity index (χ2n) is 5.43. The lowest BCUT2D eigenvalue weighted by atomic mass is 10.1. The van der Waals surface area contributed by atoms with Gasteiger partial charge >= 0.3 is 5.97 Å². The van der Waals surface area contributed by atoms with Crippen LogP contribution in [0.3, 0.4) is 0 Å². The Hall–Kier alpha value is -2.49. The fourth-order valence-electron chi connectivity index (χ4n) is 2.36. The van der Waals surface area contributed by atoms with Crippen molar-refractivity contribution in [2.24, 2.45) is 0 Å². The average Bonchev–Trinajstić information content (AvgIpc) is 2.55. The molecular weight excluding hydrogens is 290 g/mol. The molecule has 0 heterocycles. The molecule has 0 aliphatic heterocycles. The Balaban J connectivity index is 1.86. The van der Waals surface area contributed by atoms with E-state index >= 15 is 0 Å². The summed E-state index contributed by atoms with van der Waals surface area (Å²) in [5.41, 5.74) is 3.60. The Morgan fingerprint density at radius 2 is 1.91 bits per heavy atom. The van der Waals surface area contributed by atoms with Crippen LogP contribution in [0, 0.1) is 13.8 Å². The molecule has 2 rings (SSSR count). The number of benzene rings is 2. The molecule has 0 radical (unpaired) electrons. The fourth-order valence-corrected chi connectivity index (χ4v) is 2.36. The molecular formula is C19H23NO3. The van der Waals surface area contributed by atoms with E-state index in [0.29, 0.717) is 12.2 Å². The summed E-state index contributed by atoms with van der Waals surface area (Å²) in [6.45, 7) is 5.36. The molecule has 0 saturated carbocycles. The number of carbonyl (C=O) groups excluding carboxylic acids is 1. The molecule has 0 aliphatic carbocycles. The van der Waals surface area contributed by atoms with Crippen molar-refractivity contribution in [2.75, 3.05) is 25.6 Å². The Morgan fingerprint density at radius 3 is 2.65 bits per heavy atom. The van der Waals surface area contributed by atoms with E-state index in [1.165, 1.54) is 12.7 Å². The zero-order valence-electron chi connectivity index (χ0n) is 13.9. The molecule has 0 atom stereocenters. The summed E-state index contributed by atoms with van der Waals surface area (Å²) in [5, 5.41) is 3.31. The van der Waals surface area contributed by atoms with Gasteiger partial charge in [0.2, 0.25) is 0 Å². The van der Waals surface area contributed by atoms with Gasteiger partial charge in [0.05, 0.1) is 25.0 Å². The molecule has 0 unspecified atom stereocenters.